The Kier molecular flexibility index (Phi) is 5.91. The van der Waals surface area contributed by atoms with Crippen LogP contribution in [0.5, 0.6) is 0 Å². The van der Waals surface area contributed by atoms with Crippen LogP contribution in [0.15, 0.2) is 61.1 Å². The summed E-state index contributed by atoms with van der Waals surface area (Å²) >= 11 is 0. The molecular formula is C22H26N4O. The van der Waals surface area contributed by atoms with Crippen LogP contribution in [0.4, 0.5) is 5.69 Å². The van der Waals surface area contributed by atoms with Gasteiger partial charge in [0, 0.05) is 57.0 Å². The molecule has 0 atom stereocenters. The molecule has 2 heterocycles. The van der Waals surface area contributed by atoms with E-state index in [1.807, 2.05) is 55.2 Å². The van der Waals surface area contributed by atoms with Gasteiger partial charge in [-0.25, -0.2) is 0 Å². The third-order valence-corrected chi connectivity index (χ3v) is 4.51. The Morgan fingerprint density at radius 2 is 1.78 bits per heavy atom. The van der Waals surface area contributed by atoms with Crippen LogP contribution < -0.4 is 10.2 Å². The van der Waals surface area contributed by atoms with Crippen molar-refractivity contribution in [2.75, 3.05) is 19.0 Å². The van der Waals surface area contributed by atoms with Gasteiger partial charge in [-0.3, -0.25) is 9.78 Å². The second-order valence-electron chi connectivity index (χ2n) is 6.79. The highest BCUT2D eigenvalue weighted by atomic mass is 16.1. The summed E-state index contributed by atoms with van der Waals surface area (Å²) in [4.78, 5) is 18.9. The molecule has 5 heteroatoms. The maximum atomic E-state index is 12.8. The van der Waals surface area contributed by atoms with Gasteiger partial charge >= 0.3 is 0 Å². The number of carbonyl (C=O) groups is 1. The van der Waals surface area contributed by atoms with Gasteiger partial charge in [-0.1, -0.05) is 19.1 Å². The Hall–Kier alpha value is -3.08. The van der Waals surface area contributed by atoms with Gasteiger partial charge < -0.3 is 14.8 Å². The van der Waals surface area contributed by atoms with Crippen molar-refractivity contribution in [1.82, 2.24) is 14.9 Å². The molecule has 0 aliphatic carbocycles. The van der Waals surface area contributed by atoms with Crippen molar-refractivity contribution >= 4 is 11.6 Å². The number of amides is 1. The number of hydrogen-bond acceptors (Lipinski definition) is 3. The lowest BCUT2D eigenvalue weighted by Gasteiger charge is -2.13. The summed E-state index contributed by atoms with van der Waals surface area (Å²) in [6, 6.07) is 14.1. The molecule has 0 fully saturated rings. The summed E-state index contributed by atoms with van der Waals surface area (Å²) in [5.41, 5.74) is 5.01. The van der Waals surface area contributed by atoms with Crippen LogP contribution in [0.1, 0.15) is 29.4 Å². The molecule has 0 unspecified atom stereocenters. The molecule has 0 saturated heterocycles. The second kappa shape index (κ2) is 8.54. The smallest absolute Gasteiger partial charge is 0.268 e. The number of carbonyl (C=O) groups excluding carboxylic acids is 1. The Labute approximate surface area is 160 Å². The first-order chi connectivity index (χ1) is 13.1. The van der Waals surface area contributed by atoms with E-state index in [0.29, 0.717) is 12.2 Å². The van der Waals surface area contributed by atoms with Crippen LogP contribution in [0.3, 0.4) is 0 Å². The molecule has 0 aliphatic rings. The topological polar surface area (TPSA) is 50.2 Å². The number of pyridine rings is 1. The molecule has 0 radical (unpaired) electrons. The predicted molar refractivity (Wildman–Crippen MR) is 110 cm³/mol. The average Bonchev–Trinajstić information content (AvgIpc) is 3.11. The normalized spacial score (nSPS) is 10.6. The summed E-state index contributed by atoms with van der Waals surface area (Å²) in [5.74, 6) is -0.0551. The highest BCUT2D eigenvalue weighted by Crippen LogP contribution is 2.22. The summed E-state index contributed by atoms with van der Waals surface area (Å²) < 4.78 is 2.03. The van der Waals surface area contributed by atoms with Gasteiger partial charge in [0.15, 0.2) is 0 Å². The molecule has 3 rings (SSSR count). The minimum absolute atomic E-state index is 0.0551. The number of aryl methyl sites for hydroxylation is 1. The molecule has 2 aromatic heterocycles. The largest absolute Gasteiger partial charge is 0.378 e. The van der Waals surface area contributed by atoms with E-state index in [9.17, 15) is 4.79 Å². The molecule has 27 heavy (non-hydrogen) atoms. The van der Waals surface area contributed by atoms with Crippen LogP contribution in [-0.2, 0) is 13.1 Å². The first-order valence-corrected chi connectivity index (χ1v) is 9.23. The van der Waals surface area contributed by atoms with Crippen molar-refractivity contribution in [3.05, 3.63) is 72.3 Å². The van der Waals surface area contributed by atoms with E-state index in [-0.39, 0.29) is 5.91 Å². The van der Waals surface area contributed by atoms with Crippen molar-refractivity contribution in [3.63, 3.8) is 0 Å². The highest BCUT2D eigenvalue weighted by molar-refractivity contribution is 5.94. The highest BCUT2D eigenvalue weighted by Gasteiger charge is 2.14. The summed E-state index contributed by atoms with van der Waals surface area (Å²) in [6.45, 7) is 3.43. The first-order valence-electron chi connectivity index (χ1n) is 9.23. The number of anilines is 1. The van der Waals surface area contributed by atoms with Gasteiger partial charge in [-0.05, 0) is 47.9 Å². The lowest BCUT2D eigenvalue weighted by atomic mass is 10.1. The molecule has 1 amide bonds. The second-order valence-corrected chi connectivity index (χ2v) is 6.79. The quantitative estimate of drug-likeness (QED) is 0.692. The van der Waals surface area contributed by atoms with E-state index >= 15 is 0 Å². The summed E-state index contributed by atoms with van der Waals surface area (Å²) in [7, 11) is 4.03. The van der Waals surface area contributed by atoms with E-state index in [0.717, 1.165) is 35.3 Å². The first kappa shape index (κ1) is 18.7. The Morgan fingerprint density at radius 3 is 2.41 bits per heavy atom. The van der Waals surface area contributed by atoms with Crippen LogP contribution in [0.2, 0.25) is 0 Å². The Bertz CT molecular complexity index is 882. The number of hydrogen-bond donors (Lipinski definition) is 1. The molecule has 1 aromatic carbocycles. The molecule has 140 valence electrons. The Morgan fingerprint density at radius 1 is 1.07 bits per heavy atom. The van der Waals surface area contributed by atoms with Gasteiger partial charge in [-0.2, -0.15) is 0 Å². The zero-order valence-electron chi connectivity index (χ0n) is 16.1. The third-order valence-electron chi connectivity index (χ3n) is 4.51. The fraction of sp³-hybridized carbons (Fsp3) is 0.273. The van der Waals surface area contributed by atoms with Crippen molar-refractivity contribution in [2.45, 2.75) is 26.4 Å². The number of aromatic nitrogens is 2. The molecule has 0 saturated carbocycles. The molecule has 0 aliphatic heterocycles. The summed E-state index contributed by atoms with van der Waals surface area (Å²) in [5, 5.41) is 3.04. The van der Waals surface area contributed by atoms with Crippen LogP contribution >= 0.6 is 0 Å². The van der Waals surface area contributed by atoms with E-state index in [4.69, 9.17) is 0 Å². The Balaban J connectivity index is 1.74. The van der Waals surface area contributed by atoms with Crippen LogP contribution in [0, 0.1) is 0 Å². The number of nitrogens with one attached hydrogen (secondary N) is 1. The van der Waals surface area contributed by atoms with Crippen molar-refractivity contribution in [1.29, 1.82) is 0 Å². The fourth-order valence-corrected chi connectivity index (χ4v) is 3.01. The molecule has 1 N–H and O–H groups in total. The number of nitrogens with zero attached hydrogens (tertiary/aromatic N) is 3. The van der Waals surface area contributed by atoms with E-state index in [1.54, 1.807) is 12.4 Å². The van der Waals surface area contributed by atoms with Crippen LogP contribution in [0.25, 0.3) is 11.1 Å². The third kappa shape index (κ3) is 4.56. The minimum Gasteiger partial charge on any atom is -0.378 e. The minimum atomic E-state index is -0.0551. The molecular weight excluding hydrogens is 336 g/mol. The molecule has 5 nitrogen and oxygen atoms in total. The van der Waals surface area contributed by atoms with Crippen LogP contribution in [-0.4, -0.2) is 29.6 Å². The zero-order valence-corrected chi connectivity index (χ0v) is 16.1. The average molecular weight is 362 g/mol. The van der Waals surface area contributed by atoms with Gasteiger partial charge in [0.05, 0.1) is 0 Å². The number of benzene rings is 1. The van der Waals surface area contributed by atoms with Crippen molar-refractivity contribution in [2.24, 2.45) is 0 Å². The molecule has 0 bridgehead atoms. The fourth-order valence-electron chi connectivity index (χ4n) is 3.01. The van der Waals surface area contributed by atoms with Crippen molar-refractivity contribution in [3.8, 4) is 11.1 Å². The monoisotopic (exact) mass is 362 g/mol. The zero-order chi connectivity index (χ0) is 19.2. The summed E-state index contributed by atoms with van der Waals surface area (Å²) in [6.07, 6.45) is 6.55. The van der Waals surface area contributed by atoms with E-state index in [2.05, 4.69) is 34.3 Å². The van der Waals surface area contributed by atoms with Gasteiger partial charge in [0.25, 0.3) is 5.91 Å². The lowest BCUT2D eigenvalue weighted by Crippen LogP contribution is -2.25. The molecule has 0 spiro atoms. The lowest BCUT2D eigenvalue weighted by molar-refractivity contribution is 0.0941. The standard InChI is InChI=1S/C22H26N4O/c1-4-13-26-16-19(18-9-11-23-12-10-18)14-21(26)22(27)24-15-17-5-7-20(8-6-17)25(2)3/h5-12,14,16H,4,13,15H2,1-3H3,(H,24,27). The van der Waals surface area contributed by atoms with Gasteiger partial charge in [0.1, 0.15) is 5.69 Å². The SMILES string of the molecule is CCCn1cc(-c2ccncc2)cc1C(=O)NCc1ccc(N(C)C)cc1. The van der Waals surface area contributed by atoms with E-state index in [1.165, 1.54) is 0 Å². The number of rotatable bonds is 7. The van der Waals surface area contributed by atoms with E-state index < -0.39 is 0 Å². The van der Waals surface area contributed by atoms with Gasteiger partial charge in [0.2, 0.25) is 0 Å². The molecule has 3 aromatic rings. The van der Waals surface area contributed by atoms with Gasteiger partial charge in [-0.15, -0.1) is 0 Å². The van der Waals surface area contributed by atoms with Crippen molar-refractivity contribution < 1.29 is 4.79 Å². The maximum Gasteiger partial charge on any atom is 0.268 e. The maximum absolute atomic E-state index is 12.8. The predicted octanol–water partition coefficient (Wildman–Crippen LogP) is 3.96.